The van der Waals surface area contributed by atoms with E-state index in [9.17, 15) is 9.59 Å². The molecule has 1 atom stereocenters. The first-order valence-corrected chi connectivity index (χ1v) is 11.7. The molecule has 3 rings (SSSR count). The van der Waals surface area contributed by atoms with Crippen LogP contribution in [0.4, 0.5) is 10.5 Å². The number of carbonyl (C=O) groups is 2. The fourth-order valence-corrected chi connectivity index (χ4v) is 4.67. The number of primary amides is 2. The number of halogens is 1. The molecule has 0 saturated carbocycles. The molecular formula is C24H31BrN4O2. The number of urea groups is 1. The molecule has 0 spiro atoms. The first kappa shape index (κ1) is 23.3. The van der Waals surface area contributed by atoms with Gasteiger partial charge in [-0.15, -0.1) is 0 Å². The molecule has 6 nitrogen and oxygen atoms in total. The maximum absolute atomic E-state index is 12.0. The Hall–Kier alpha value is -2.38. The Labute approximate surface area is 192 Å². The summed E-state index contributed by atoms with van der Waals surface area (Å²) in [4.78, 5) is 27.4. The second-order valence-corrected chi connectivity index (χ2v) is 8.95. The summed E-state index contributed by atoms with van der Waals surface area (Å²) in [7, 11) is 0. The molecule has 7 heteroatoms. The SMILES string of the molecule is NC(=O)CCCN(CCCN(C(N)=O)c1ccc(Br)cc1)C1CCCc2ccccc21. The molecule has 1 aliphatic carbocycles. The van der Waals surface area contributed by atoms with Crippen molar-refractivity contribution in [2.45, 2.75) is 44.6 Å². The molecule has 0 heterocycles. The van der Waals surface area contributed by atoms with E-state index < -0.39 is 6.03 Å². The third-order valence-electron chi connectivity index (χ3n) is 5.88. The van der Waals surface area contributed by atoms with E-state index in [1.165, 1.54) is 11.1 Å². The summed E-state index contributed by atoms with van der Waals surface area (Å²) in [5.74, 6) is -0.265. The minimum atomic E-state index is -0.453. The van der Waals surface area contributed by atoms with E-state index in [1.807, 2.05) is 24.3 Å². The Balaban J connectivity index is 1.69. The lowest BCUT2D eigenvalue weighted by atomic mass is 9.86. The van der Waals surface area contributed by atoms with E-state index >= 15 is 0 Å². The number of amides is 3. The highest BCUT2D eigenvalue weighted by Gasteiger charge is 2.25. The molecule has 166 valence electrons. The predicted molar refractivity (Wildman–Crippen MR) is 128 cm³/mol. The zero-order chi connectivity index (χ0) is 22.2. The van der Waals surface area contributed by atoms with Crippen LogP contribution in [-0.2, 0) is 11.2 Å². The average molecular weight is 487 g/mol. The molecule has 0 aliphatic heterocycles. The van der Waals surface area contributed by atoms with Crippen LogP contribution in [-0.4, -0.2) is 36.5 Å². The Morgan fingerprint density at radius 3 is 2.39 bits per heavy atom. The van der Waals surface area contributed by atoms with Crippen LogP contribution >= 0.6 is 15.9 Å². The number of aryl methyl sites for hydroxylation is 1. The molecule has 1 aliphatic rings. The Morgan fingerprint density at radius 2 is 1.68 bits per heavy atom. The predicted octanol–water partition coefficient (Wildman–Crippen LogP) is 4.37. The van der Waals surface area contributed by atoms with Gasteiger partial charge in [0.15, 0.2) is 0 Å². The van der Waals surface area contributed by atoms with Crippen LogP contribution in [0.3, 0.4) is 0 Å². The third kappa shape index (κ3) is 6.55. The lowest BCUT2D eigenvalue weighted by Crippen LogP contribution is -2.39. The molecule has 2 aromatic carbocycles. The van der Waals surface area contributed by atoms with Gasteiger partial charge in [-0.3, -0.25) is 14.6 Å². The Morgan fingerprint density at radius 1 is 0.968 bits per heavy atom. The van der Waals surface area contributed by atoms with Gasteiger partial charge in [0.1, 0.15) is 0 Å². The number of benzene rings is 2. The molecule has 2 aromatic rings. The zero-order valence-corrected chi connectivity index (χ0v) is 19.4. The van der Waals surface area contributed by atoms with Crippen LogP contribution < -0.4 is 16.4 Å². The third-order valence-corrected chi connectivity index (χ3v) is 6.41. The Kier molecular flexibility index (Phi) is 8.49. The number of nitrogens with zero attached hydrogens (tertiary/aromatic N) is 2. The molecule has 0 bridgehead atoms. The normalized spacial score (nSPS) is 15.5. The first-order valence-electron chi connectivity index (χ1n) is 10.9. The summed E-state index contributed by atoms with van der Waals surface area (Å²) in [6.45, 7) is 2.16. The molecule has 0 saturated heterocycles. The number of hydrogen-bond donors (Lipinski definition) is 2. The van der Waals surface area contributed by atoms with Crippen LogP contribution in [0.15, 0.2) is 53.0 Å². The maximum Gasteiger partial charge on any atom is 0.319 e. The highest BCUT2D eigenvalue weighted by Crippen LogP contribution is 2.34. The van der Waals surface area contributed by atoms with Gasteiger partial charge in [0.05, 0.1) is 0 Å². The lowest BCUT2D eigenvalue weighted by Gasteiger charge is -2.36. The van der Waals surface area contributed by atoms with Gasteiger partial charge in [-0.05, 0) is 74.0 Å². The molecular weight excluding hydrogens is 456 g/mol. The van der Waals surface area contributed by atoms with Crippen molar-refractivity contribution < 1.29 is 9.59 Å². The van der Waals surface area contributed by atoms with E-state index in [-0.39, 0.29) is 5.91 Å². The van der Waals surface area contributed by atoms with Gasteiger partial charge in [0, 0.05) is 35.7 Å². The molecule has 1 unspecified atom stereocenters. The van der Waals surface area contributed by atoms with Gasteiger partial charge < -0.3 is 11.5 Å². The molecule has 4 N–H and O–H groups in total. The highest BCUT2D eigenvalue weighted by molar-refractivity contribution is 9.10. The van der Waals surface area contributed by atoms with E-state index in [0.717, 1.165) is 55.4 Å². The van der Waals surface area contributed by atoms with Crippen LogP contribution in [0.25, 0.3) is 0 Å². The number of rotatable bonds is 10. The van der Waals surface area contributed by atoms with Crippen molar-refractivity contribution in [2.75, 3.05) is 24.5 Å². The largest absolute Gasteiger partial charge is 0.370 e. The topological polar surface area (TPSA) is 92.7 Å². The standard InChI is InChI=1S/C24H31BrN4O2/c25-19-11-13-20(14-12-19)29(24(27)31)17-5-16-28(15-4-10-23(26)30)22-9-3-7-18-6-1-2-8-21(18)22/h1-2,6,8,11-14,22H,3-5,7,9-10,15-17H2,(H2,26,30)(H2,27,31). The van der Waals surface area contributed by atoms with Gasteiger partial charge in [0.2, 0.25) is 5.91 Å². The van der Waals surface area contributed by atoms with Gasteiger partial charge >= 0.3 is 6.03 Å². The van der Waals surface area contributed by atoms with Crippen molar-refractivity contribution in [2.24, 2.45) is 11.5 Å². The smallest absolute Gasteiger partial charge is 0.319 e. The molecule has 0 radical (unpaired) electrons. The molecule has 0 aromatic heterocycles. The minimum absolute atomic E-state index is 0.265. The van der Waals surface area contributed by atoms with Crippen molar-refractivity contribution in [3.8, 4) is 0 Å². The van der Waals surface area contributed by atoms with E-state index in [2.05, 4.69) is 45.1 Å². The quantitative estimate of drug-likeness (QED) is 0.521. The van der Waals surface area contributed by atoms with Crippen molar-refractivity contribution in [1.29, 1.82) is 0 Å². The second kappa shape index (κ2) is 11.3. The number of hydrogen-bond acceptors (Lipinski definition) is 3. The summed E-state index contributed by atoms with van der Waals surface area (Å²) < 4.78 is 0.956. The second-order valence-electron chi connectivity index (χ2n) is 8.03. The molecule has 3 amide bonds. The summed E-state index contributed by atoms with van der Waals surface area (Å²) in [6.07, 6.45) is 5.27. The van der Waals surface area contributed by atoms with Gasteiger partial charge in [-0.1, -0.05) is 40.2 Å². The van der Waals surface area contributed by atoms with Crippen molar-refractivity contribution in [3.05, 3.63) is 64.1 Å². The fraction of sp³-hybridized carbons (Fsp3) is 0.417. The van der Waals surface area contributed by atoms with Gasteiger partial charge in [-0.25, -0.2) is 4.79 Å². The minimum Gasteiger partial charge on any atom is -0.370 e. The average Bonchev–Trinajstić information content (AvgIpc) is 2.75. The van der Waals surface area contributed by atoms with E-state index in [0.29, 0.717) is 19.0 Å². The number of nitrogens with two attached hydrogens (primary N) is 2. The summed E-state index contributed by atoms with van der Waals surface area (Å²) in [5, 5.41) is 0. The van der Waals surface area contributed by atoms with E-state index in [1.54, 1.807) is 4.90 Å². The first-order chi connectivity index (χ1) is 15.0. The fourth-order valence-electron chi connectivity index (χ4n) is 4.41. The van der Waals surface area contributed by atoms with Crippen LogP contribution in [0.2, 0.25) is 0 Å². The van der Waals surface area contributed by atoms with Crippen molar-refractivity contribution >= 4 is 33.6 Å². The highest BCUT2D eigenvalue weighted by atomic mass is 79.9. The van der Waals surface area contributed by atoms with Crippen LogP contribution in [0.1, 0.15) is 49.3 Å². The summed E-state index contributed by atoms with van der Waals surface area (Å²) in [6, 6.07) is 16.1. The van der Waals surface area contributed by atoms with Crippen LogP contribution in [0, 0.1) is 0 Å². The zero-order valence-electron chi connectivity index (χ0n) is 17.8. The number of anilines is 1. The van der Waals surface area contributed by atoms with Crippen LogP contribution in [0.5, 0.6) is 0 Å². The number of carbonyl (C=O) groups excluding carboxylic acids is 2. The lowest BCUT2D eigenvalue weighted by molar-refractivity contribution is -0.118. The molecule has 31 heavy (non-hydrogen) atoms. The van der Waals surface area contributed by atoms with E-state index in [4.69, 9.17) is 11.5 Å². The molecule has 0 fully saturated rings. The van der Waals surface area contributed by atoms with Crippen molar-refractivity contribution in [1.82, 2.24) is 4.90 Å². The van der Waals surface area contributed by atoms with Gasteiger partial charge in [0.25, 0.3) is 0 Å². The summed E-state index contributed by atoms with van der Waals surface area (Å²) >= 11 is 3.42. The summed E-state index contributed by atoms with van der Waals surface area (Å²) in [5.41, 5.74) is 14.6. The number of fused-ring (bicyclic) bond motifs is 1. The Bertz CT molecular complexity index is 887. The maximum atomic E-state index is 12.0. The van der Waals surface area contributed by atoms with Gasteiger partial charge in [-0.2, -0.15) is 0 Å². The monoisotopic (exact) mass is 486 g/mol. The van der Waals surface area contributed by atoms with Crippen molar-refractivity contribution in [3.63, 3.8) is 0 Å².